The van der Waals surface area contributed by atoms with Crippen LogP contribution < -0.4 is 10.6 Å². The molecule has 2 rings (SSSR count). The first kappa shape index (κ1) is 19.7. The largest absolute Gasteiger partial charge is 0.396 e. The molecule has 1 aromatic rings. The Bertz CT molecular complexity index is 527. The lowest BCUT2D eigenvalue weighted by atomic mass is 9.78. The van der Waals surface area contributed by atoms with Crippen LogP contribution in [0.5, 0.6) is 0 Å². The Kier molecular flexibility index (Phi) is 7.26. The van der Waals surface area contributed by atoms with Gasteiger partial charge in [0.15, 0.2) is 0 Å². The number of ether oxygens (including phenoxy) is 1. The Morgan fingerprint density at radius 1 is 1.32 bits per heavy atom. The molecule has 1 aromatic carbocycles. The monoisotopic (exact) mass is 348 g/mol. The molecule has 1 saturated heterocycles. The van der Waals surface area contributed by atoms with E-state index < -0.39 is 0 Å². The third-order valence-electron chi connectivity index (χ3n) is 4.75. The van der Waals surface area contributed by atoms with Crippen LogP contribution in [0, 0.1) is 11.3 Å². The minimum absolute atomic E-state index is 0.0302. The maximum Gasteiger partial charge on any atom is 0.315 e. The fourth-order valence-corrected chi connectivity index (χ4v) is 3.58. The van der Waals surface area contributed by atoms with Crippen molar-refractivity contribution in [2.45, 2.75) is 52.2 Å². The predicted molar refractivity (Wildman–Crippen MR) is 99.3 cm³/mol. The lowest BCUT2D eigenvalue weighted by molar-refractivity contribution is -0.0838. The Hall–Kier alpha value is -1.59. The molecule has 5 nitrogen and oxygen atoms in total. The summed E-state index contributed by atoms with van der Waals surface area (Å²) >= 11 is 0. The molecule has 3 atom stereocenters. The van der Waals surface area contributed by atoms with Gasteiger partial charge in [0, 0.05) is 25.7 Å². The van der Waals surface area contributed by atoms with Crippen molar-refractivity contribution in [1.82, 2.24) is 10.6 Å². The number of urea groups is 1. The van der Waals surface area contributed by atoms with E-state index in [9.17, 15) is 9.90 Å². The third kappa shape index (κ3) is 6.01. The van der Waals surface area contributed by atoms with Crippen LogP contribution in [0.4, 0.5) is 4.79 Å². The molecular formula is C20H32N2O3. The molecule has 2 amide bonds. The summed E-state index contributed by atoms with van der Waals surface area (Å²) in [5.74, 6) is 0.326. The van der Waals surface area contributed by atoms with E-state index in [2.05, 4.69) is 31.4 Å². The molecule has 0 aromatic heterocycles. The summed E-state index contributed by atoms with van der Waals surface area (Å²) in [5.41, 5.74) is 1.06. The van der Waals surface area contributed by atoms with Gasteiger partial charge in [0.2, 0.25) is 0 Å². The number of hydrogen-bond donors (Lipinski definition) is 3. The summed E-state index contributed by atoms with van der Waals surface area (Å²) < 4.78 is 5.97. The van der Waals surface area contributed by atoms with Gasteiger partial charge in [-0.05, 0) is 30.2 Å². The van der Waals surface area contributed by atoms with Crippen LogP contribution in [0.2, 0.25) is 0 Å². The zero-order valence-corrected chi connectivity index (χ0v) is 15.6. The van der Waals surface area contributed by atoms with Crippen LogP contribution in [0.3, 0.4) is 0 Å². The summed E-state index contributed by atoms with van der Waals surface area (Å²) in [4.78, 5) is 12.4. The first-order valence-corrected chi connectivity index (χ1v) is 9.23. The Balaban J connectivity index is 1.90. The van der Waals surface area contributed by atoms with E-state index in [1.54, 1.807) is 0 Å². The highest BCUT2D eigenvalue weighted by Gasteiger charge is 2.35. The average molecular weight is 348 g/mol. The first-order valence-electron chi connectivity index (χ1n) is 9.23. The smallest absolute Gasteiger partial charge is 0.315 e. The number of carbonyl (C=O) groups is 1. The fourth-order valence-electron chi connectivity index (χ4n) is 3.58. The summed E-state index contributed by atoms with van der Waals surface area (Å²) in [6.07, 6.45) is 2.76. The maximum atomic E-state index is 12.4. The van der Waals surface area contributed by atoms with Crippen molar-refractivity contribution in [3.05, 3.63) is 35.9 Å². The molecule has 0 radical (unpaired) electrons. The molecule has 0 aliphatic carbocycles. The molecule has 25 heavy (non-hydrogen) atoms. The van der Waals surface area contributed by atoms with Crippen molar-refractivity contribution in [1.29, 1.82) is 0 Å². The Morgan fingerprint density at radius 3 is 2.68 bits per heavy atom. The van der Waals surface area contributed by atoms with Gasteiger partial charge in [0.05, 0.1) is 12.1 Å². The van der Waals surface area contributed by atoms with E-state index in [0.717, 1.165) is 25.0 Å². The summed E-state index contributed by atoms with van der Waals surface area (Å²) in [6.45, 7) is 7.99. The van der Waals surface area contributed by atoms with Crippen molar-refractivity contribution in [2.24, 2.45) is 11.3 Å². The second-order valence-corrected chi connectivity index (χ2v) is 7.89. The van der Waals surface area contributed by atoms with Gasteiger partial charge in [0.1, 0.15) is 0 Å². The topological polar surface area (TPSA) is 70.6 Å². The lowest BCUT2D eigenvalue weighted by Crippen LogP contribution is -2.47. The highest BCUT2D eigenvalue weighted by Crippen LogP contribution is 2.33. The van der Waals surface area contributed by atoms with Gasteiger partial charge in [-0.3, -0.25) is 0 Å². The van der Waals surface area contributed by atoms with E-state index in [-0.39, 0.29) is 30.2 Å². The normalized spacial score (nSPS) is 22.2. The predicted octanol–water partition coefficient (Wildman–Crippen LogP) is 3.25. The van der Waals surface area contributed by atoms with Gasteiger partial charge in [-0.15, -0.1) is 0 Å². The maximum absolute atomic E-state index is 12.4. The summed E-state index contributed by atoms with van der Waals surface area (Å²) in [5, 5.41) is 15.3. The van der Waals surface area contributed by atoms with E-state index in [4.69, 9.17) is 4.74 Å². The second-order valence-electron chi connectivity index (χ2n) is 7.89. The minimum atomic E-state index is -0.194. The van der Waals surface area contributed by atoms with Gasteiger partial charge in [-0.25, -0.2) is 4.79 Å². The molecule has 1 heterocycles. The number of aliphatic hydroxyl groups is 1. The summed E-state index contributed by atoms with van der Waals surface area (Å²) in [6, 6.07) is 9.36. The highest BCUT2D eigenvalue weighted by molar-refractivity contribution is 5.74. The lowest BCUT2D eigenvalue weighted by Gasteiger charge is -2.40. The quantitative estimate of drug-likeness (QED) is 0.739. The Labute approximate surface area is 151 Å². The van der Waals surface area contributed by atoms with Gasteiger partial charge in [-0.1, -0.05) is 51.1 Å². The van der Waals surface area contributed by atoms with E-state index in [0.29, 0.717) is 18.9 Å². The van der Waals surface area contributed by atoms with Crippen LogP contribution >= 0.6 is 0 Å². The number of aliphatic hydroxyl groups excluding tert-OH is 1. The number of amides is 2. The van der Waals surface area contributed by atoms with Crippen LogP contribution in [0.25, 0.3) is 0 Å². The fraction of sp³-hybridized carbons (Fsp3) is 0.650. The molecular weight excluding hydrogens is 316 g/mol. The van der Waals surface area contributed by atoms with Gasteiger partial charge in [0.25, 0.3) is 0 Å². The number of carbonyl (C=O) groups excluding carboxylic acids is 1. The van der Waals surface area contributed by atoms with Gasteiger partial charge < -0.3 is 20.5 Å². The van der Waals surface area contributed by atoms with E-state index >= 15 is 0 Å². The molecule has 3 N–H and O–H groups in total. The molecule has 1 aliphatic heterocycles. The van der Waals surface area contributed by atoms with Crippen molar-refractivity contribution in [3.63, 3.8) is 0 Å². The van der Waals surface area contributed by atoms with Crippen molar-refractivity contribution in [2.75, 3.05) is 19.8 Å². The third-order valence-corrected chi connectivity index (χ3v) is 4.75. The zero-order chi connectivity index (χ0) is 18.3. The molecule has 1 fully saturated rings. The Morgan fingerprint density at radius 2 is 2.04 bits per heavy atom. The van der Waals surface area contributed by atoms with Crippen molar-refractivity contribution < 1.29 is 14.6 Å². The van der Waals surface area contributed by atoms with Gasteiger partial charge >= 0.3 is 6.03 Å². The van der Waals surface area contributed by atoms with Crippen LogP contribution in [0.15, 0.2) is 30.3 Å². The van der Waals surface area contributed by atoms with E-state index in [1.807, 2.05) is 30.3 Å². The standard InChI is InChI=1S/C20H32N2O3/c1-20(2,3)18-16(10-7-13-25-18)14-21-19(24)22-17(11-12-23)15-8-5-4-6-9-15/h4-6,8-9,16-18,23H,7,10-14H2,1-3H3,(H2,21,22,24)/t16?,17-,18?/m1/s1. The molecule has 2 unspecified atom stereocenters. The van der Waals surface area contributed by atoms with Crippen LogP contribution in [-0.4, -0.2) is 37.0 Å². The van der Waals surface area contributed by atoms with Crippen molar-refractivity contribution in [3.8, 4) is 0 Å². The number of nitrogens with one attached hydrogen (secondary N) is 2. The number of rotatable bonds is 6. The molecule has 0 saturated carbocycles. The highest BCUT2D eigenvalue weighted by atomic mass is 16.5. The summed E-state index contributed by atoms with van der Waals surface area (Å²) in [7, 11) is 0. The molecule has 140 valence electrons. The average Bonchev–Trinajstić information content (AvgIpc) is 2.60. The van der Waals surface area contributed by atoms with Crippen LogP contribution in [-0.2, 0) is 4.74 Å². The molecule has 0 bridgehead atoms. The molecule has 5 heteroatoms. The van der Waals surface area contributed by atoms with Crippen LogP contribution in [0.1, 0.15) is 51.6 Å². The minimum Gasteiger partial charge on any atom is -0.396 e. The van der Waals surface area contributed by atoms with E-state index in [1.165, 1.54) is 0 Å². The molecule has 0 spiro atoms. The van der Waals surface area contributed by atoms with Crippen molar-refractivity contribution >= 4 is 6.03 Å². The second kappa shape index (κ2) is 9.20. The molecule has 1 aliphatic rings. The SMILES string of the molecule is CC(C)(C)C1OCCCC1CNC(=O)N[C@H](CCO)c1ccccc1. The van der Waals surface area contributed by atoms with Gasteiger partial charge in [-0.2, -0.15) is 0 Å². The first-order chi connectivity index (χ1) is 11.9. The number of benzene rings is 1. The zero-order valence-electron chi connectivity index (χ0n) is 15.6. The number of hydrogen-bond acceptors (Lipinski definition) is 3.